The van der Waals surface area contributed by atoms with Gasteiger partial charge in [0.15, 0.2) is 6.29 Å². The first-order valence-corrected chi connectivity index (χ1v) is 10.1. The van der Waals surface area contributed by atoms with Crippen LogP contribution in [0.25, 0.3) is 0 Å². The Bertz CT molecular complexity index is 679. The molecule has 0 spiro atoms. The summed E-state index contributed by atoms with van der Waals surface area (Å²) in [6.07, 6.45) is -15.7. The zero-order chi connectivity index (χ0) is 25.1. The molecule has 0 unspecified atom stereocenters. The number of hydrogen-bond acceptors (Lipinski definition) is 13. The largest absolute Gasteiger partial charge is 0.477 e. The summed E-state index contributed by atoms with van der Waals surface area (Å²) in [6.45, 7) is -0.576. The van der Waals surface area contributed by atoms with Gasteiger partial charge in [0.25, 0.3) is 5.79 Å². The van der Waals surface area contributed by atoms with Crippen molar-refractivity contribution in [1.29, 1.82) is 0 Å². The van der Waals surface area contributed by atoms with Gasteiger partial charge in [-0.25, -0.2) is 4.79 Å². The molecule has 2 aliphatic rings. The van der Waals surface area contributed by atoms with Crippen LogP contribution in [0, 0.1) is 0 Å². The number of rotatable bonds is 9. The highest BCUT2D eigenvalue weighted by molar-refractivity contribution is 5.76. The molecule has 2 saturated heterocycles. The van der Waals surface area contributed by atoms with Gasteiger partial charge < -0.3 is 65.1 Å². The number of amides is 1. The number of hydrogen-bond donors (Lipinski definition) is 9. The van der Waals surface area contributed by atoms with Crippen LogP contribution in [0.5, 0.6) is 0 Å². The molecule has 0 radical (unpaired) electrons. The van der Waals surface area contributed by atoms with Gasteiger partial charge in [-0.1, -0.05) is 0 Å². The lowest BCUT2D eigenvalue weighted by molar-refractivity contribution is -0.336. The Morgan fingerprint density at radius 2 is 1.79 bits per heavy atom. The molecule has 192 valence electrons. The summed E-state index contributed by atoms with van der Waals surface area (Å²) in [5.41, 5.74) is 0. The summed E-state index contributed by atoms with van der Waals surface area (Å²) in [6, 6.07) is -1.37. The monoisotopic (exact) mass is 485 g/mol. The van der Waals surface area contributed by atoms with Crippen LogP contribution in [0.2, 0.25) is 0 Å². The number of carbonyl (C=O) groups excluding carboxylic acids is 1. The molecule has 2 aliphatic heterocycles. The van der Waals surface area contributed by atoms with Crippen molar-refractivity contribution < 1.29 is 69.4 Å². The van der Waals surface area contributed by atoms with Crippen LogP contribution >= 0.6 is 0 Å². The van der Waals surface area contributed by atoms with Crippen molar-refractivity contribution in [3.8, 4) is 0 Å². The van der Waals surface area contributed by atoms with Gasteiger partial charge >= 0.3 is 5.97 Å². The molecule has 15 heteroatoms. The third-order valence-electron chi connectivity index (χ3n) is 5.57. The van der Waals surface area contributed by atoms with Gasteiger partial charge in [-0.15, -0.1) is 0 Å². The predicted octanol–water partition coefficient (Wildman–Crippen LogP) is -5.39. The standard InChI is InChI=1S/C18H31NO14/c1-6(21)19-10-7(22)3-18(17(28)29,33-15(10)11(24)8(23)4-20)31-5-9-12(25)13(26)14(27)16(30-2)32-9/h7-16,20,22-27H,3-5H2,1-2H3,(H,19,21)(H,28,29)/t7-,8+,9+,10+,11+,12-,13-,14+,15+,16-,18+/m0/s1. The summed E-state index contributed by atoms with van der Waals surface area (Å²) in [4.78, 5) is 23.6. The maximum Gasteiger partial charge on any atom is 0.364 e. The van der Waals surface area contributed by atoms with E-state index < -0.39 is 98.5 Å². The molecular formula is C18H31NO14. The Labute approximate surface area is 188 Å². The summed E-state index contributed by atoms with van der Waals surface area (Å²) in [5, 5.41) is 81.9. The third-order valence-corrected chi connectivity index (χ3v) is 5.57. The average molecular weight is 485 g/mol. The van der Waals surface area contributed by atoms with Crippen LogP contribution in [0.1, 0.15) is 13.3 Å². The predicted molar refractivity (Wildman–Crippen MR) is 102 cm³/mol. The van der Waals surface area contributed by atoms with Gasteiger partial charge in [-0.2, -0.15) is 0 Å². The highest BCUT2D eigenvalue weighted by Gasteiger charge is 2.56. The van der Waals surface area contributed by atoms with Crippen LogP contribution in [-0.4, -0.2) is 140 Å². The lowest BCUT2D eigenvalue weighted by atomic mass is 9.88. The lowest BCUT2D eigenvalue weighted by Crippen LogP contribution is -2.68. The summed E-state index contributed by atoms with van der Waals surface area (Å²) in [5.74, 6) is -5.06. The molecular weight excluding hydrogens is 454 g/mol. The van der Waals surface area contributed by atoms with E-state index in [2.05, 4.69) is 5.32 Å². The van der Waals surface area contributed by atoms with E-state index in [0.29, 0.717) is 0 Å². The van der Waals surface area contributed by atoms with Crippen LogP contribution in [0.3, 0.4) is 0 Å². The summed E-state index contributed by atoms with van der Waals surface area (Å²) in [7, 11) is 1.16. The number of methoxy groups -OCH3 is 1. The first-order chi connectivity index (χ1) is 15.4. The molecule has 2 rings (SSSR count). The number of nitrogens with one attached hydrogen (secondary N) is 1. The lowest BCUT2D eigenvalue weighted by Gasteiger charge is -2.47. The number of carbonyl (C=O) groups is 2. The Kier molecular flexibility index (Phi) is 9.49. The van der Waals surface area contributed by atoms with Crippen molar-refractivity contribution in [2.24, 2.45) is 0 Å². The molecule has 11 atom stereocenters. The van der Waals surface area contributed by atoms with Crippen molar-refractivity contribution in [3.63, 3.8) is 0 Å². The zero-order valence-corrected chi connectivity index (χ0v) is 17.9. The molecule has 2 fully saturated rings. The van der Waals surface area contributed by atoms with E-state index in [1.165, 1.54) is 0 Å². The number of ether oxygens (including phenoxy) is 4. The van der Waals surface area contributed by atoms with E-state index in [1.807, 2.05) is 0 Å². The molecule has 0 aromatic heterocycles. The maximum absolute atomic E-state index is 12.1. The van der Waals surface area contributed by atoms with Crippen LogP contribution in [0.4, 0.5) is 0 Å². The van der Waals surface area contributed by atoms with E-state index >= 15 is 0 Å². The molecule has 1 amide bonds. The van der Waals surface area contributed by atoms with Crippen molar-refractivity contribution >= 4 is 11.9 Å². The van der Waals surface area contributed by atoms with E-state index in [9.17, 15) is 45.3 Å². The highest BCUT2D eigenvalue weighted by atomic mass is 16.7. The van der Waals surface area contributed by atoms with Gasteiger partial charge in [0, 0.05) is 20.5 Å². The minimum absolute atomic E-state index is 0.654. The Balaban J connectivity index is 2.28. The van der Waals surface area contributed by atoms with Crippen LogP contribution in [0.15, 0.2) is 0 Å². The first kappa shape index (κ1) is 27.7. The molecule has 15 nitrogen and oxygen atoms in total. The molecule has 0 aromatic carbocycles. The van der Waals surface area contributed by atoms with Crippen molar-refractivity contribution in [3.05, 3.63) is 0 Å². The van der Waals surface area contributed by atoms with Crippen molar-refractivity contribution in [1.82, 2.24) is 5.32 Å². The fraction of sp³-hybridized carbons (Fsp3) is 0.889. The van der Waals surface area contributed by atoms with Crippen LogP contribution < -0.4 is 5.32 Å². The minimum atomic E-state index is -2.65. The number of carboxylic acids is 1. The number of aliphatic carboxylic acids is 1. The van der Waals surface area contributed by atoms with Crippen molar-refractivity contribution in [2.75, 3.05) is 20.3 Å². The van der Waals surface area contributed by atoms with Crippen LogP contribution in [-0.2, 0) is 28.5 Å². The molecule has 33 heavy (non-hydrogen) atoms. The number of aliphatic hydroxyl groups excluding tert-OH is 7. The Morgan fingerprint density at radius 3 is 2.30 bits per heavy atom. The van der Waals surface area contributed by atoms with E-state index in [4.69, 9.17) is 24.1 Å². The van der Waals surface area contributed by atoms with Gasteiger partial charge in [0.1, 0.15) is 42.7 Å². The number of aliphatic hydroxyl groups is 7. The quantitative estimate of drug-likeness (QED) is 0.148. The van der Waals surface area contributed by atoms with E-state index in [0.717, 1.165) is 14.0 Å². The van der Waals surface area contributed by atoms with Gasteiger partial charge in [0.2, 0.25) is 5.91 Å². The average Bonchev–Trinajstić information content (AvgIpc) is 2.77. The molecule has 9 N–H and O–H groups in total. The first-order valence-electron chi connectivity index (χ1n) is 10.1. The molecule has 0 bridgehead atoms. The summed E-state index contributed by atoms with van der Waals surface area (Å²) < 4.78 is 20.9. The zero-order valence-electron chi connectivity index (χ0n) is 17.9. The Morgan fingerprint density at radius 1 is 1.15 bits per heavy atom. The fourth-order valence-electron chi connectivity index (χ4n) is 3.74. The normalized spacial score (nSPS) is 41.2. The maximum atomic E-state index is 12.1. The van der Waals surface area contributed by atoms with Gasteiger partial charge in [-0.3, -0.25) is 4.79 Å². The minimum Gasteiger partial charge on any atom is -0.477 e. The smallest absolute Gasteiger partial charge is 0.364 e. The van der Waals surface area contributed by atoms with Gasteiger partial charge in [-0.05, 0) is 0 Å². The van der Waals surface area contributed by atoms with E-state index in [1.54, 1.807) is 0 Å². The number of carboxylic acid groups (broad SMARTS) is 1. The van der Waals surface area contributed by atoms with Crippen molar-refractivity contribution in [2.45, 2.75) is 80.3 Å². The Hall–Kier alpha value is -1.50. The SMILES string of the molecule is CO[C@H]1O[C@H](CO[C@]2(C(=O)O)C[C@H](O)[C@@H](NC(C)=O)[C@H]([C@H](O)[C@H](O)CO)O2)[C@H](O)[C@H](O)[C@H]1O. The highest BCUT2D eigenvalue weighted by Crippen LogP contribution is 2.34. The molecule has 0 aromatic rings. The molecule has 0 aliphatic carbocycles. The van der Waals surface area contributed by atoms with Gasteiger partial charge in [0.05, 0.1) is 25.4 Å². The second-order valence-electron chi connectivity index (χ2n) is 7.94. The molecule has 0 saturated carbocycles. The third kappa shape index (κ3) is 5.95. The second kappa shape index (κ2) is 11.3. The topological polar surface area (TPSA) is 245 Å². The second-order valence-corrected chi connectivity index (χ2v) is 7.94. The fourth-order valence-corrected chi connectivity index (χ4v) is 3.74. The van der Waals surface area contributed by atoms with E-state index in [-0.39, 0.29) is 0 Å². The molecule has 2 heterocycles. The summed E-state index contributed by atoms with van der Waals surface area (Å²) >= 11 is 0.